The van der Waals surface area contributed by atoms with Crippen molar-refractivity contribution in [3.63, 3.8) is 0 Å². The summed E-state index contributed by atoms with van der Waals surface area (Å²) in [5, 5.41) is 0.651. The van der Waals surface area contributed by atoms with Crippen LogP contribution < -0.4 is 0 Å². The highest BCUT2D eigenvalue weighted by molar-refractivity contribution is 6.30. The lowest BCUT2D eigenvalue weighted by molar-refractivity contribution is -0.160. The summed E-state index contributed by atoms with van der Waals surface area (Å²) in [5.74, 6) is -0.503. The van der Waals surface area contributed by atoms with E-state index in [1.54, 1.807) is 7.05 Å². The predicted octanol–water partition coefficient (Wildman–Crippen LogP) is 6.86. The molecule has 4 rings (SSSR count). The summed E-state index contributed by atoms with van der Waals surface area (Å²) in [7, 11) is 1.59. The highest BCUT2D eigenvalue weighted by atomic mass is 35.5. The molecule has 188 valence electrons. The molecule has 5 nitrogen and oxygen atoms in total. The van der Waals surface area contributed by atoms with Gasteiger partial charge in [0.25, 0.3) is 0 Å². The Morgan fingerprint density at radius 2 is 1.47 bits per heavy atom. The monoisotopic (exact) mass is 505 g/mol. The fourth-order valence-corrected chi connectivity index (χ4v) is 4.74. The number of rotatable bonds is 7. The van der Waals surface area contributed by atoms with Crippen molar-refractivity contribution in [3.05, 3.63) is 94.5 Å². The Kier molecular flexibility index (Phi) is 7.70. The molecule has 0 saturated carbocycles. The molecule has 0 saturated heterocycles. The smallest absolute Gasteiger partial charge is 0.410 e. The van der Waals surface area contributed by atoms with E-state index in [0.717, 1.165) is 27.8 Å². The number of hydrogen-bond donors (Lipinski definition) is 0. The molecule has 1 amide bonds. The van der Waals surface area contributed by atoms with E-state index in [9.17, 15) is 9.59 Å². The van der Waals surface area contributed by atoms with E-state index in [0.29, 0.717) is 17.9 Å². The first kappa shape index (κ1) is 25.8. The Hall–Kier alpha value is -3.31. The lowest BCUT2D eigenvalue weighted by atomic mass is 9.98. The van der Waals surface area contributed by atoms with Gasteiger partial charge in [0.05, 0.1) is 0 Å². The van der Waals surface area contributed by atoms with Crippen LogP contribution in [-0.4, -0.2) is 42.3 Å². The number of esters is 1. The van der Waals surface area contributed by atoms with Gasteiger partial charge >= 0.3 is 12.1 Å². The van der Waals surface area contributed by atoms with Gasteiger partial charge in [-0.15, -0.1) is 0 Å². The maximum atomic E-state index is 13.2. The summed E-state index contributed by atoms with van der Waals surface area (Å²) in [4.78, 5) is 27.6. The van der Waals surface area contributed by atoms with Crippen LogP contribution in [0.1, 0.15) is 49.8 Å². The van der Waals surface area contributed by atoms with Crippen molar-refractivity contribution < 1.29 is 19.1 Å². The van der Waals surface area contributed by atoms with Crippen molar-refractivity contribution in [2.45, 2.75) is 51.2 Å². The van der Waals surface area contributed by atoms with E-state index in [4.69, 9.17) is 21.1 Å². The van der Waals surface area contributed by atoms with Gasteiger partial charge in [0.2, 0.25) is 0 Å². The van der Waals surface area contributed by atoms with Gasteiger partial charge < -0.3 is 9.47 Å². The predicted molar refractivity (Wildman–Crippen MR) is 142 cm³/mol. The summed E-state index contributed by atoms with van der Waals surface area (Å²) < 4.78 is 11.4. The van der Waals surface area contributed by atoms with E-state index < -0.39 is 23.7 Å². The summed E-state index contributed by atoms with van der Waals surface area (Å²) in [5.41, 5.74) is 4.96. The summed E-state index contributed by atoms with van der Waals surface area (Å²) >= 11 is 6.00. The minimum atomic E-state index is -0.782. The van der Waals surface area contributed by atoms with Crippen LogP contribution in [0.15, 0.2) is 72.8 Å². The zero-order valence-corrected chi connectivity index (χ0v) is 21.9. The molecule has 0 heterocycles. The van der Waals surface area contributed by atoms with Crippen LogP contribution in [0.25, 0.3) is 11.1 Å². The second-order valence-electron chi connectivity index (χ2n) is 10.1. The van der Waals surface area contributed by atoms with Crippen molar-refractivity contribution in [1.29, 1.82) is 0 Å². The standard InChI is InChI=1S/C30H32ClNO4/c1-30(2,3)36-28(33)27(18-15-20-13-16-21(31)17-14-20)32(4)29(34)35-19-26-24-11-7-5-9-22(24)23-10-6-8-12-25(23)26/h5-14,16-17,26-27H,15,18-19H2,1-4H3. The lowest BCUT2D eigenvalue weighted by Gasteiger charge is -2.30. The van der Waals surface area contributed by atoms with Crippen molar-refractivity contribution in [1.82, 2.24) is 4.90 Å². The topological polar surface area (TPSA) is 55.8 Å². The van der Waals surface area contributed by atoms with Gasteiger partial charge in [0.1, 0.15) is 18.2 Å². The average Bonchev–Trinajstić information content (AvgIpc) is 3.16. The first-order valence-electron chi connectivity index (χ1n) is 12.2. The van der Waals surface area contributed by atoms with Crippen molar-refractivity contribution >= 4 is 23.7 Å². The molecule has 1 atom stereocenters. The number of carbonyl (C=O) groups is 2. The molecule has 0 N–H and O–H groups in total. The van der Waals surface area contributed by atoms with Crippen LogP contribution in [0, 0.1) is 0 Å². The van der Waals surface area contributed by atoms with E-state index in [1.807, 2.05) is 69.3 Å². The van der Waals surface area contributed by atoms with Gasteiger partial charge in [-0.25, -0.2) is 9.59 Å². The molecule has 0 bridgehead atoms. The van der Waals surface area contributed by atoms with E-state index in [2.05, 4.69) is 24.3 Å². The first-order chi connectivity index (χ1) is 17.1. The van der Waals surface area contributed by atoms with Gasteiger partial charge in [-0.1, -0.05) is 72.3 Å². The molecule has 0 fully saturated rings. The third kappa shape index (κ3) is 5.90. The fourth-order valence-electron chi connectivity index (χ4n) is 4.62. The van der Waals surface area contributed by atoms with Crippen molar-refractivity contribution in [2.24, 2.45) is 0 Å². The van der Waals surface area contributed by atoms with Crippen LogP contribution in [-0.2, 0) is 20.7 Å². The molecule has 36 heavy (non-hydrogen) atoms. The van der Waals surface area contributed by atoms with Crippen LogP contribution >= 0.6 is 11.6 Å². The third-order valence-electron chi connectivity index (χ3n) is 6.39. The molecule has 0 aromatic heterocycles. The van der Waals surface area contributed by atoms with Crippen LogP contribution in [0.2, 0.25) is 5.02 Å². The number of carbonyl (C=O) groups excluding carboxylic acids is 2. The second-order valence-corrected chi connectivity index (χ2v) is 10.6. The zero-order chi connectivity index (χ0) is 25.9. The van der Waals surface area contributed by atoms with Gasteiger partial charge in [0, 0.05) is 18.0 Å². The van der Waals surface area contributed by atoms with Gasteiger partial charge in [-0.3, -0.25) is 4.90 Å². The number of likely N-dealkylation sites (N-methyl/N-ethyl adjacent to an activating group) is 1. The van der Waals surface area contributed by atoms with Gasteiger partial charge in [-0.2, -0.15) is 0 Å². The average molecular weight is 506 g/mol. The molecule has 3 aromatic rings. The van der Waals surface area contributed by atoms with Gasteiger partial charge in [0.15, 0.2) is 0 Å². The maximum absolute atomic E-state index is 13.2. The number of amides is 1. The lowest BCUT2D eigenvalue weighted by Crippen LogP contribution is -2.46. The quantitative estimate of drug-likeness (QED) is 0.329. The minimum absolute atomic E-state index is 0.0520. The van der Waals surface area contributed by atoms with Crippen LogP contribution in [0.5, 0.6) is 0 Å². The Balaban J connectivity index is 1.47. The number of fused-ring (bicyclic) bond motifs is 3. The highest BCUT2D eigenvalue weighted by Crippen LogP contribution is 2.44. The Morgan fingerprint density at radius 1 is 0.917 bits per heavy atom. The zero-order valence-electron chi connectivity index (χ0n) is 21.2. The molecule has 0 radical (unpaired) electrons. The normalized spacial score (nSPS) is 13.5. The van der Waals surface area contributed by atoms with E-state index >= 15 is 0 Å². The molecule has 1 aliphatic rings. The Bertz CT molecular complexity index is 1190. The fraction of sp³-hybridized carbons (Fsp3) is 0.333. The summed E-state index contributed by atoms with van der Waals surface area (Å²) in [6.45, 7) is 5.63. The molecule has 1 unspecified atom stereocenters. The molecule has 1 aliphatic carbocycles. The van der Waals surface area contributed by atoms with E-state index in [-0.39, 0.29) is 12.5 Å². The van der Waals surface area contributed by atoms with Gasteiger partial charge in [-0.05, 0) is 73.6 Å². The maximum Gasteiger partial charge on any atom is 0.410 e. The molecule has 0 spiro atoms. The SMILES string of the molecule is CN(C(=O)OCC1c2ccccc2-c2ccccc21)C(CCc1ccc(Cl)cc1)C(=O)OC(C)(C)C. The molecular formula is C30H32ClNO4. The van der Waals surface area contributed by atoms with Crippen LogP contribution in [0.3, 0.4) is 0 Å². The first-order valence-corrected chi connectivity index (χ1v) is 12.6. The van der Waals surface area contributed by atoms with Crippen LogP contribution in [0.4, 0.5) is 4.79 Å². The molecule has 3 aromatic carbocycles. The minimum Gasteiger partial charge on any atom is -0.458 e. The molecule has 0 aliphatic heterocycles. The number of benzene rings is 3. The number of nitrogens with zero attached hydrogens (tertiary/aromatic N) is 1. The summed E-state index contributed by atoms with van der Waals surface area (Å²) in [6, 6.07) is 23.1. The number of aryl methyl sites for hydroxylation is 1. The summed E-state index contributed by atoms with van der Waals surface area (Å²) in [6.07, 6.45) is 0.433. The number of hydrogen-bond acceptors (Lipinski definition) is 4. The number of ether oxygens (including phenoxy) is 2. The molecular weight excluding hydrogens is 474 g/mol. The van der Waals surface area contributed by atoms with E-state index in [1.165, 1.54) is 4.90 Å². The largest absolute Gasteiger partial charge is 0.458 e. The highest BCUT2D eigenvalue weighted by Gasteiger charge is 2.34. The van der Waals surface area contributed by atoms with Crippen molar-refractivity contribution in [2.75, 3.05) is 13.7 Å². The third-order valence-corrected chi connectivity index (χ3v) is 6.64. The number of halogens is 1. The molecule has 6 heteroatoms. The Labute approximate surface area is 218 Å². The van der Waals surface area contributed by atoms with Crippen molar-refractivity contribution in [3.8, 4) is 11.1 Å². The Morgan fingerprint density at radius 3 is 2.03 bits per heavy atom. The second kappa shape index (κ2) is 10.8.